The molecule has 0 aliphatic heterocycles. The van der Waals surface area contributed by atoms with Crippen LogP contribution < -0.4 is 10.1 Å². The molecule has 0 radical (unpaired) electrons. The lowest BCUT2D eigenvalue weighted by atomic mass is 10.1. The number of aromatic nitrogens is 2. The van der Waals surface area contributed by atoms with Gasteiger partial charge in [0.25, 0.3) is 0 Å². The van der Waals surface area contributed by atoms with Crippen LogP contribution in [0.2, 0.25) is 5.02 Å². The van der Waals surface area contributed by atoms with Gasteiger partial charge < -0.3 is 10.1 Å². The Labute approximate surface area is 163 Å². The van der Waals surface area contributed by atoms with Crippen molar-refractivity contribution in [2.45, 2.75) is 31.5 Å². The average Bonchev–Trinajstić information content (AvgIpc) is 3.40. The van der Waals surface area contributed by atoms with Gasteiger partial charge in [-0.25, -0.2) is 9.37 Å². The van der Waals surface area contributed by atoms with Crippen LogP contribution in [0.3, 0.4) is 0 Å². The van der Waals surface area contributed by atoms with E-state index in [4.69, 9.17) is 11.6 Å². The van der Waals surface area contributed by atoms with E-state index in [1.165, 1.54) is 18.3 Å². The summed E-state index contributed by atoms with van der Waals surface area (Å²) in [5.74, 6) is -1.27. The number of alkyl halides is 3. The van der Waals surface area contributed by atoms with Crippen molar-refractivity contribution >= 4 is 17.5 Å². The SMILES string of the molecule is C[C@@H](NC(=O)[C@@H]1C[C@H]1c1ccc(F)cc1Cl)c1cnc(OCC(F)(F)F)cn1. The predicted octanol–water partition coefficient (Wildman–Crippen LogP) is 4.19. The summed E-state index contributed by atoms with van der Waals surface area (Å²) in [7, 11) is 0. The van der Waals surface area contributed by atoms with Gasteiger partial charge in [0.2, 0.25) is 11.8 Å². The van der Waals surface area contributed by atoms with E-state index in [-0.39, 0.29) is 28.6 Å². The number of amides is 1. The number of carbonyl (C=O) groups is 1. The standard InChI is InChI=1S/C18H16ClF4N3O2/c1-9(15-6-25-16(7-24-15)28-8-18(21,22)23)26-17(27)13-5-12(13)11-3-2-10(20)4-14(11)19/h2-4,6-7,9,12-13H,5,8H2,1H3,(H,26,27)/t9-,12+,13-/m1/s1. The van der Waals surface area contributed by atoms with Gasteiger partial charge in [-0.15, -0.1) is 0 Å². The molecular weight excluding hydrogens is 402 g/mol. The van der Waals surface area contributed by atoms with Crippen LogP contribution in [0.25, 0.3) is 0 Å². The number of nitrogens with zero attached hydrogens (tertiary/aromatic N) is 2. The minimum Gasteiger partial charge on any atom is -0.467 e. The Balaban J connectivity index is 1.55. The topological polar surface area (TPSA) is 64.1 Å². The molecule has 28 heavy (non-hydrogen) atoms. The second kappa shape index (κ2) is 7.90. The average molecular weight is 418 g/mol. The van der Waals surface area contributed by atoms with Gasteiger partial charge in [0, 0.05) is 10.9 Å². The highest BCUT2D eigenvalue weighted by Gasteiger charge is 2.45. The molecule has 1 amide bonds. The van der Waals surface area contributed by atoms with Crippen LogP contribution in [-0.2, 0) is 4.79 Å². The number of carbonyl (C=O) groups excluding carboxylic acids is 1. The summed E-state index contributed by atoms with van der Waals surface area (Å²) in [4.78, 5) is 20.1. The molecule has 3 rings (SSSR count). The molecule has 0 bridgehead atoms. The molecule has 0 spiro atoms. The molecule has 2 aromatic rings. The van der Waals surface area contributed by atoms with E-state index in [0.717, 1.165) is 11.8 Å². The van der Waals surface area contributed by atoms with Crippen molar-refractivity contribution in [1.82, 2.24) is 15.3 Å². The number of ether oxygens (including phenoxy) is 1. The summed E-state index contributed by atoms with van der Waals surface area (Å²) >= 11 is 6.03. The minimum absolute atomic E-state index is 0.0791. The molecule has 1 aliphatic rings. The molecule has 1 aromatic heterocycles. The minimum atomic E-state index is -4.46. The van der Waals surface area contributed by atoms with Gasteiger partial charge in [0.1, 0.15) is 5.82 Å². The Morgan fingerprint density at radius 3 is 2.71 bits per heavy atom. The van der Waals surface area contributed by atoms with Crippen molar-refractivity contribution in [3.63, 3.8) is 0 Å². The zero-order chi connectivity index (χ0) is 20.5. The van der Waals surface area contributed by atoms with E-state index in [1.54, 1.807) is 13.0 Å². The second-order valence-corrected chi connectivity index (χ2v) is 6.94. The highest BCUT2D eigenvalue weighted by molar-refractivity contribution is 6.31. The highest BCUT2D eigenvalue weighted by atomic mass is 35.5. The second-order valence-electron chi connectivity index (χ2n) is 6.53. The highest BCUT2D eigenvalue weighted by Crippen LogP contribution is 2.49. The van der Waals surface area contributed by atoms with Gasteiger partial charge in [-0.1, -0.05) is 17.7 Å². The molecular formula is C18H16ClF4N3O2. The van der Waals surface area contributed by atoms with E-state index in [9.17, 15) is 22.4 Å². The first-order valence-electron chi connectivity index (χ1n) is 8.41. The van der Waals surface area contributed by atoms with Gasteiger partial charge in [-0.3, -0.25) is 9.78 Å². The fourth-order valence-electron chi connectivity index (χ4n) is 2.81. The number of rotatable bonds is 6. The van der Waals surface area contributed by atoms with E-state index < -0.39 is 24.6 Å². The Morgan fingerprint density at radius 2 is 2.11 bits per heavy atom. The van der Waals surface area contributed by atoms with Crippen LogP contribution in [0.1, 0.15) is 36.6 Å². The van der Waals surface area contributed by atoms with E-state index in [0.29, 0.717) is 12.1 Å². The molecule has 0 unspecified atom stereocenters. The molecule has 1 aromatic carbocycles. The van der Waals surface area contributed by atoms with E-state index >= 15 is 0 Å². The van der Waals surface area contributed by atoms with Crippen LogP contribution in [0, 0.1) is 11.7 Å². The maximum absolute atomic E-state index is 13.1. The van der Waals surface area contributed by atoms with E-state index in [1.807, 2.05) is 0 Å². The lowest BCUT2D eigenvalue weighted by Gasteiger charge is -2.14. The summed E-state index contributed by atoms with van der Waals surface area (Å²) in [6, 6.07) is 3.59. The van der Waals surface area contributed by atoms with Gasteiger partial charge in [0.05, 0.1) is 24.1 Å². The molecule has 5 nitrogen and oxygen atoms in total. The summed E-state index contributed by atoms with van der Waals surface area (Å²) in [5.41, 5.74) is 1.10. The number of nitrogens with one attached hydrogen (secondary N) is 1. The molecule has 1 heterocycles. The van der Waals surface area contributed by atoms with Crippen molar-refractivity contribution in [2.75, 3.05) is 6.61 Å². The molecule has 3 atom stereocenters. The summed E-state index contributed by atoms with van der Waals surface area (Å²) < 4.78 is 54.0. The molecule has 10 heteroatoms. The van der Waals surface area contributed by atoms with Gasteiger partial charge in [-0.2, -0.15) is 13.2 Å². The predicted molar refractivity (Wildman–Crippen MR) is 92.4 cm³/mol. The first-order chi connectivity index (χ1) is 13.1. The molecule has 150 valence electrons. The normalized spacial score (nSPS) is 19.8. The number of hydrogen-bond donors (Lipinski definition) is 1. The molecule has 1 N–H and O–H groups in total. The molecule has 0 saturated heterocycles. The molecule has 1 fully saturated rings. The van der Waals surface area contributed by atoms with Crippen molar-refractivity contribution < 1.29 is 27.1 Å². The fraction of sp³-hybridized carbons (Fsp3) is 0.389. The first-order valence-corrected chi connectivity index (χ1v) is 8.78. The first kappa shape index (κ1) is 20.3. The van der Waals surface area contributed by atoms with Gasteiger partial charge in [-0.05, 0) is 37.0 Å². The van der Waals surface area contributed by atoms with Crippen molar-refractivity contribution in [1.29, 1.82) is 0 Å². The van der Waals surface area contributed by atoms with Crippen LogP contribution in [-0.4, -0.2) is 28.7 Å². The third-order valence-corrected chi connectivity index (χ3v) is 4.65. The zero-order valence-corrected chi connectivity index (χ0v) is 15.4. The third kappa shape index (κ3) is 5.09. The largest absolute Gasteiger partial charge is 0.467 e. The van der Waals surface area contributed by atoms with Crippen LogP contribution in [0.5, 0.6) is 5.88 Å². The van der Waals surface area contributed by atoms with Crippen LogP contribution in [0.4, 0.5) is 17.6 Å². The Bertz CT molecular complexity index is 861. The van der Waals surface area contributed by atoms with Crippen LogP contribution >= 0.6 is 11.6 Å². The fourth-order valence-corrected chi connectivity index (χ4v) is 3.11. The van der Waals surface area contributed by atoms with Gasteiger partial charge >= 0.3 is 6.18 Å². The number of hydrogen-bond acceptors (Lipinski definition) is 4. The van der Waals surface area contributed by atoms with Crippen molar-refractivity contribution in [3.8, 4) is 5.88 Å². The Morgan fingerprint density at radius 1 is 1.36 bits per heavy atom. The lowest BCUT2D eigenvalue weighted by Crippen LogP contribution is -2.29. The maximum Gasteiger partial charge on any atom is 0.422 e. The zero-order valence-electron chi connectivity index (χ0n) is 14.6. The Kier molecular flexibility index (Phi) is 5.74. The summed E-state index contributed by atoms with van der Waals surface area (Å²) in [5, 5.41) is 3.07. The summed E-state index contributed by atoms with van der Waals surface area (Å²) in [6.45, 7) is 0.225. The Hall–Kier alpha value is -2.42. The maximum atomic E-state index is 13.1. The van der Waals surface area contributed by atoms with E-state index in [2.05, 4.69) is 20.0 Å². The van der Waals surface area contributed by atoms with Gasteiger partial charge in [0.15, 0.2) is 6.61 Å². The van der Waals surface area contributed by atoms with Crippen molar-refractivity contribution in [3.05, 3.63) is 52.7 Å². The van der Waals surface area contributed by atoms with Crippen LogP contribution in [0.15, 0.2) is 30.6 Å². The third-order valence-electron chi connectivity index (χ3n) is 4.32. The summed E-state index contributed by atoms with van der Waals surface area (Å²) in [6.07, 6.45) is -1.55. The molecule has 1 aliphatic carbocycles. The number of benzene rings is 1. The number of halogens is 5. The quantitative estimate of drug-likeness (QED) is 0.716. The smallest absolute Gasteiger partial charge is 0.422 e. The van der Waals surface area contributed by atoms with Crippen molar-refractivity contribution in [2.24, 2.45) is 5.92 Å². The lowest BCUT2D eigenvalue weighted by molar-refractivity contribution is -0.154. The molecule has 1 saturated carbocycles. The monoisotopic (exact) mass is 417 g/mol.